The van der Waals surface area contributed by atoms with Crippen molar-refractivity contribution in [1.82, 2.24) is 0 Å². The second-order valence-corrected chi connectivity index (χ2v) is 6.98. The van der Waals surface area contributed by atoms with Crippen LogP contribution in [0.3, 0.4) is 0 Å². The van der Waals surface area contributed by atoms with E-state index in [0.717, 1.165) is 21.0 Å². The standard InChI is InChI=1S/C12H15NO4S2/c1-9-13(6-3-7-19(14,15)16)11-5-4-10(17-2)8-12(11)18-9/h4-5,8H,3,6-7H2,1-2H3. The lowest BCUT2D eigenvalue weighted by Crippen LogP contribution is -2.35. The molecule has 0 N–H and O–H groups in total. The average molecular weight is 301 g/mol. The van der Waals surface area contributed by atoms with Crippen molar-refractivity contribution < 1.29 is 22.3 Å². The van der Waals surface area contributed by atoms with Crippen molar-refractivity contribution in [2.75, 3.05) is 12.9 Å². The van der Waals surface area contributed by atoms with Gasteiger partial charge in [-0.05, 0) is 6.07 Å². The molecule has 0 aliphatic rings. The minimum Gasteiger partial charge on any atom is -0.748 e. The molecule has 0 amide bonds. The number of aromatic nitrogens is 1. The van der Waals surface area contributed by atoms with E-state index in [-0.39, 0.29) is 5.75 Å². The van der Waals surface area contributed by atoms with Crippen molar-refractivity contribution in [2.45, 2.75) is 19.9 Å². The summed E-state index contributed by atoms with van der Waals surface area (Å²) in [5, 5.41) is 1.08. The molecule has 1 heterocycles. The Bertz CT molecular complexity index is 691. The Hall–Kier alpha value is -1.18. The van der Waals surface area contributed by atoms with Crippen LogP contribution in [-0.4, -0.2) is 25.8 Å². The smallest absolute Gasteiger partial charge is 0.235 e. The Kier molecular flexibility index (Phi) is 4.07. The summed E-state index contributed by atoms with van der Waals surface area (Å²) >= 11 is 1.62. The molecular weight excluding hydrogens is 286 g/mol. The van der Waals surface area contributed by atoms with Crippen LogP contribution in [0.15, 0.2) is 18.2 Å². The predicted octanol–water partition coefficient (Wildman–Crippen LogP) is 1.44. The first kappa shape index (κ1) is 14.2. The van der Waals surface area contributed by atoms with Gasteiger partial charge in [-0.2, -0.15) is 4.57 Å². The molecule has 1 aromatic carbocycles. The zero-order chi connectivity index (χ0) is 14.0. The minimum absolute atomic E-state index is 0.326. The zero-order valence-electron chi connectivity index (χ0n) is 10.8. The molecule has 0 aliphatic heterocycles. The van der Waals surface area contributed by atoms with Crippen molar-refractivity contribution in [1.29, 1.82) is 0 Å². The van der Waals surface area contributed by atoms with Crippen molar-refractivity contribution in [2.24, 2.45) is 0 Å². The van der Waals surface area contributed by atoms with Gasteiger partial charge in [-0.15, -0.1) is 0 Å². The lowest BCUT2D eigenvalue weighted by molar-refractivity contribution is -0.672. The highest BCUT2D eigenvalue weighted by atomic mass is 32.2. The normalized spacial score (nSPS) is 11.9. The lowest BCUT2D eigenvalue weighted by atomic mass is 10.3. The van der Waals surface area contributed by atoms with Crippen LogP contribution in [0.5, 0.6) is 5.75 Å². The van der Waals surface area contributed by atoms with Gasteiger partial charge < -0.3 is 9.29 Å². The van der Waals surface area contributed by atoms with Crippen LogP contribution in [0.2, 0.25) is 0 Å². The highest BCUT2D eigenvalue weighted by molar-refractivity contribution is 7.85. The molecule has 0 saturated heterocycles. The fraction of sp³-hybridized carbons (Fsp3) is 0.417. The molecule has 0 bridgehead atoms. The third-order valence-corrected chi connectivity index (χ3v) is 4.72. The second-order valence-electron chi connectivity index (χ2n) is 4.22. The van der Waals surface area contributed by atoms with E-state index in [0.29, 0.717) is 13.0 Å². The van der Waals surface area contributed by atoms with Crippen LogP contribution in [-0.2, 0) is 16.7 Å². The minimum atomic E-state index is -4.13. The number of fused-ring (bicyclic) bond motifs is 1. The Balaban J connectivity index is 2.25. The van der Waals surface area contributed by atoms with Crippen LogP contribution in [0, 0.1) is 6.92 Å². The molecule has 19 heavy (non-hydrogen) atoms. The van der Waals surface area contributed by atoms with Crippen LogP contribution in [0.4, 0.5) is 0 Å². The molecule has 0 unspecified atom stereocenters. The molecule has 2 aromatic rings. The first-order valence-electron chi connectivity index (χ1n) is 5.81. The van der Waals surface area contributed by atoms with Crippen LogP contribution in [0.1, 0.15) is 11.4 Å². The van der Waals surface area contributed by atoms with Gasteiger partial charge in [-0.1, -0.05) is 11.3 Å². The first-order chi connectivity index (χ1) is 8.90. The molecule has 0 fully saturated rings. The molecule has 0 atom stereocenters. The quantitative estimate of drug-likeness (QED) is 0.619. The molecule has 0 aliphatic carbocycles. The number of thiazole rings is 1. The van der Waals surface area contributed by atoms with E-state index in [4.69, 9.17) is 4.74 Å². The van der Waals surface area contributed by atoms with Gasteiger partial charge >= 0.3 is 0 Å². The van der Waals surface area contributed by atoms with Gasteiger partial charge in [0.15, 0.2) is 6.54 Å². The van der Waals surface area contributed by atoms with Gasteiger partial charge in [0.1, 0.15) is 10.4 Å². The van der Waals surface area contributed by atoms with Crippen molar-refractivity contribution >= 4 is 31.7 Å². The number of hydrogen-bond acceptors (Lipinski definition) is 5. The van der Waals surface area contributed by atoms with Gasteiger partial charge in [0, 0.05) is 31.2 Å². The van der Waals surface area contributed by atoms with E-state index in [9.17, 15) is 13.0 Å². The second kappa shape index (κ2) is 5.44. The summed E-state index contributed by atoms with van der Waals surface area (Å²) in [7, 11) is -2.51. The summed E-state index contributed by atoms with van der Waals surface area (Å²) in [5.74, 6) is 0.468. The number of rotatable bonds is 5. The average Bonchev–Trinajstić information content (AvgIpc) is 2.63. The summed E-state index contributed by atoms with van der Waals surface area (Å²) in [6.07, 6.45) is 0.329. The molecular formula is C12H15NO4S2. The molecule has 7 heteroatoms. The number of benzene rings is 1. The maximum atomic E-state index is 10.6. The highest BCUT2D eigenvalue weighted by Crippen LogP contribution is 2.24. The number of hydrogen-bond donors (Lipinski definition) is 0. The van der Waals surface area contributed by atoms with Gasteiger partial charge in [-0.3, -0.25) is 0 Å². The Morgan fingerprint density at radius 2 is 2.16 bits per heavy atom. The van der Waals surface area contributed by atoms with Gasteiger partial charge in [0.2, 0.25) is 10.5 Å². The molecule has 2 rings (SSSR count). The zero-order valence-corrected chi connectivity index (χ0v) is 12.4. The van der Waals surface area contributed by atoms with Crippen LogP contribution < -0.4 is 9.30 Å². The van der Waals surface area contributed by atoms with Gasteiger partial charge in [0.05, 0.1) is 17.2 Å². The SMILES string of the molecule is COc1ccc2c(c1)sc(C)[n+]2CCCS(=O)(=O)[O-]. The third kappa shape index (κ3) is 3.43. The summed E-state index contributed by atoms with van der Waals surface area (Å²) in [6, 6.07) is 5.77. The summed E-state index contributed by atoms with van der Waals surface area (Å²) in [6.45, 7) is 2.50. The van der Waals surface area contributed by atoms with Crippen LogP contribution in [0.25, 0.3) is 10.2 Å². The number of aryl methyl sites for hydroxylation is 2. The summed E-state index contributed by atoms with van der Waals surface area (Å²) in [5.41, 5.74) is 1.03. The van der Waals surface area contributed by atoms with Crippen molar-refractivity contribution in [3.05, 3.63) is 23.2 Å². The Morgan fingerprint density at radius 3 is 2.79 bits per heavy atom. The molecule has 5 nitrogen and oxygen atoms in total. The molecule has 1 aromatic heterocycles. The maximum Gasteiger partial charge on any atom is 0.235 e. The lowest BCUT2D eigenvalue weighted by Gasteiger charge is -2.04. The molecule has 0 radical (unpaired) electrons. The van der Waals surface area contributed by atoms with E-state index in [1.165, 1.54) is 0 Å². The number of nitrogens with zero attached hydrogens (tertiary/aromatic N) is 1. The van der Waals surface area contributed by atoms with E-state index in [2.05, 4.69) is 0 Å². The van der Waals surface area contributed by atoms with Crippen molar-refractivity contribution in [3.8, 4) is 5.75 Å². The molecule has 0 spiro atoms. The van der Waals surface area contributed by atoms with Crippen LogP contribution >= 0.6 is 11.3 Å². The highest BCUT2D eigenvalue weighted by Gasteiger charge is 2.17. The fourth-order valence-corrected chi connectivity index (χ4v) is 3.55. The first-order valence-corrected chi connectivity index (χ1v) is 8.20. The molecule has 0 saturated carbocycles. The number of methoxy groups -OCH3 is 1. The largest absolute Gasteiger partial charge is 0.748 e. The predicted molar refractivity (Wildman–Crippen MR) is 72.5 cm³/mol. The van der Waals surface area contributed by atoms with E-state index in [1.807, 2.05) is 29.7 Å². The maximum absolute atomic E-state index is 10.6. The summed E-state index contributed by atoms with van der Waals surface area (Å²) < 4.78 is 40.1. The molecule has 104 valence electrons. The van der Waals surface area contributed by atoms with Gasteiger partial charge in [0.25, 0.3) is 0 Å². The van der Waals surface area contributed by atoms with E-state index >= 15 is 0 Å². The van der Waals surface area contributed by atoms with E-state index in [1.54, 1.807) is 18.4 Å². The topological polar surface area (TPSA) is 70.3 Å². The monoisotopic (exact) mass is 301 g/mol. The third-order valence-electron chi connectivity index (χ3n) is 2.87. The Labute approximate surface area is 116 Å². The van der Waals surface area contributed by atoms with Crippen molar-refractivity contribution in [3.63, 3.8) is 0 Å². The Morgan fingerprint density at radius 1 is 1.42 bits per heavy atom. The fourth-order valence-electron chi connectivity index (χ4n) is 1.99. The van der Waals surface area contributed by atoms with E-state index < -0.39 is 10.1 Å². The van der Waals surface area contributed by atoms with Gasteiger partial charge in [-0.25, -0.2) is 8.42 Å². The number of ether oxygens (including phenoxy) is 1. The summed E-state index contributed by atoms with van der Waals surface area (Å²) in [4.78, 5) is 0.